The van der Waals surface area contributed by atoms with Crippen LogP contribution in [0.5, 0.6) is 5.75 Å². The van der Waals surface area contributed by atoms with Crippen LogP contribution in [0.15, 0.2) is 42.6 Å². The fourth-order valence-corrected chi connectivity index (χ4v) is 2.96. The molecule has 1 amide bonds. The van der Waals surface area contributed by atoms with Crippen molar-refractivity contribution in [2.75, 3.05) is 17.2 Å². The van der Waals surface area contributed by atoms with Crippen molar-refractivity contribution in [3.8, 4) is 5.75 Å². The maximum absolute atomic E-state index is 12.4. The Bertz CT molecular complexity index is 679. The molecule has 5 heteroatoms. The third-order valence-electron chi connectivity index (χ3n) is 4.16. The normalized spacial score (nSPS) is 14.4. The highest BCUT2D eigenvalue weighted by molar-refractivity contribution is 6.03. The predicted molar refractivity (Wildman–Crippen MR) is 95.7 cm³/mol. The summed E-state index contributed by atoms with van der Waals surface area (Å²) in [7, 11) is 0. The molecule has 0 atom stereocenters. The zero-order valence-corrected chi connectivity index (χ0v) is 13.9. The Labute approximate surface area is 142 Å². The van der Waals surface area contributed by atoms with Gasteiger partial charge in [0.05, 0.1) is 24.2 Å². The van der Waals surface area contributed by atoms with E-state index in [4.69, 9.17) is 4.74 Å². The molecule has 0 spiro atoms. The molecule has 1 heterocycles. The lowest BCUT2D eigenvalue weighted by atomic mass is 10.2. The van der Waals surface area contributed by atoms with Gasteiger partial charge in [-0.2, -0.15) is 0 Å². The molecular weight excluding hydrogens is 302 g/mol. The first-order valence-corrected chi connectivity index (χ1v) is 8.52. The van der Waals surface area contributed by atoms with Gasteiger partial charge in [-0.15, -0.1) is 0 Å². The Morgan fingerprint density at radius 3 is 2.71 bits per heavy atom. The van der Waals surface area contributed by atoms with Gasteiger partial charge in [0.15, 0.2) is 0 Å². The largest absolute Gasteiger partial charge is 0.492 e. The van der Waals surface area contributed by atoms with E-state index < -0.39 is 0 Å². The van der Waals surface area contributed by atoms with Crippen LogP contribution < -0.4 is 15.4 Å². The van der Waals surface area contributed by atoms with E-state index in [2.05, 4.69) is 15.6 Å². The van der Waals surface area contributed by atoms with Crippen molar-refractivity contribution >= 4 is 17.3 Å². The SMILES string of the molecule is CCOc1ccccc1NC(=O)c1ccc(NC2CCCC2)cn1. The third kappa shape index (κ3) is 4.04. The van der Waals surface area contributed by atoms with E-state index in [1.165, 1.54) is 25.7 Å². The number of aromatic nitrogens is 1. The molecule has 0 aliphatic heterocycles. The molecule has 1 fully saturated rings. The van der Waals surface area contributed by atoms with Gasteiger partial charge in [0.1, 0.15) is 11.4 Å². The Morgan fingerprint density at radius 2 is 2.00 bits per heavy atom. The molecule has 1 aliphatic carbocycles. The minimum absolute atomic E-state index is 0.241. The molecular formula is C19H23N3O2. The molecule has 1 aromatic carbocycles. The van der Waals surface area contributed by atoms with E-state index in [1.54, 1.807) is 12.3 Å². The lowest BCUT2D eigenvalue weighted by Crippen LogP contribution is -2.16. The number of ether oxygens (including phenoxy) is 1. The van der Waals surface area contributed by atoms with Crippen LogP contribution in [-0.2, 0) is 0 Å². The van der Waals surface area contributed by atoms with Crippen molar-refractivity contribution in [1.29, 1.82) is 0 Å². The summed E-state index contributed by atoms with van der Waals surface area (Å²) in [6, 6.07) is 11.6. The van der Waals surface area contributed by atoms with Gasteiger partial charge in [0, 0.05) is 6.04 Å². The average molecular weight is 325 g/mol. The minimum atomic E-state index is -0.241. The van der Waals surface area contributed by atoms with Crippen molar-refractivity contribution in [2.45, 2.75) is 38.6 Å². The van der Waals surface area contributed by atoms with Crippen molar-refractivity contribution in [1.82, 2.24) is 4.98 Å². The molecule has 0 saturated heterocycles. The van der Waals surface area contributed by atoms with Gasteiger partial charge < -0.3 is 15.4 Å². The van der Waals surface area contributed by atoms with Gasteiger partial charge in [0.25, 0.3) is 5.91 Å². The topological polar surface area (TPSA) is 63.2 Å². The van der Waals surface area contributed by atoms with Gasteiger partial charge >= 0.3 is 0 Å². The summed E-state index contributed by atoms with van der Waals surface area (Å²) in [4.78, 5) is 16.7. The molecule has 0 bridgehead atoms. The molecule has 3 rings (SSSR count). The molecule has 1 saturated carbocycles. The summed E-state index contributed by atoms with van der Waals surface area (Å²) in [5.41, 5.74) is 2.01. The van der Waals surface area contributed by atoms with Crippen LogP contribution in [0.4, 0.5) is 11.4 Å². The number of nitrogens with zero attached hydrogens (tertiary/aromatic N) is 1. The van der Waals surface area contributed by atoms with Gasteiger partial charge in [0.2, 0.25) is 0 Å². The van der Waals surface area contributed by atoms with Gasteiger partial charge in [-0.25, -0.2) is 4.98 Å². The van der Waals surface area contributed by atoms with Crippen LogP contribution in [-0.4, -0.2) is 23.5 Å². The highest BCUT2D eigenvalue weighted by Crippen LogP contribution is 2.25. The van der Waals surface area contributed by atoms with E-state index >= 15 is 0 Å². The first kappa shape index (κ1) is 16.3. The zero-order valence-electron chi connectivity index (χ0n) is 13.9. The Hall–Kier alpha value is -2.56. The third-order valence-corrected chi connectivity index (χ3v) is 4.16. The Morgan fingerprint density at radius 1 is 1.21 bits per heavy atom. The maximum Gasteiger partial charge on any atom is 0.274 e. The number of carbonyl (C=O) groups excluding carboxylic acids is 1. The number of hydrogen-bond acceptors (Lipinski definition) is 4. The van der Waals surface area contributed by atoms with Crippen LogP contribution in [0.2, 0.25) is 0 Å². The molecule has 126 valence electrons. The minimum Gasteiger partial charge on any atom is -0.492 e. The molecule has 2 N–H and O–H groups in total. The van der Waals surface area contributed by atoms with Gasteiger partial charge in [-0.1, -0.05) is 25.0 Å². The number of hydrogen-bond donors (Lipinski definition) is 2. The lowest BCUT2D eigenvalue weighted by Gasteiger charge is -2.13. The second-order valence-corrected chi connectivity index (χ2v) is 5.94. The number of benzene rings is 1. The van der Waals surface area contributed by atoms with E-state index in [-0.39, 0.29) is 5.91 Å². The lowest BCUT2D eigenvalue weighted by molar-refractivity contribution is 0.102. The molecule has 5 nitrogen and oxygen atoms in total. The summed E-state index contributed by atoms with van der Waals surface area (Å²) in [6.45, 7) is 2.46. The van der Waals surface area contributed by atoms with Crippen LogP contribution >= 0.6 is 0 Å². The number of anilines is 2. The summed E-state index contributed by atoms with van der Waals surface area (Å²) in [5.74, 6) is 0.419. The molecule has 2 aromatic rings. The first-order valence-electron chi connectivity index (χ1n) is 8.52. The maximum atomic E-state index is 12.4. The monoisotopic (exact) mass is 325 g/mol. The van der Waals surface area contributed by atoms with Crippen LogP contribution in [0, 0.1) is 0 Å². The summed E-state index contributed by atoms with van der Waals surface area (Å²) >= 11 is 0. The van der Waals surface area contributed by atoms with E-state index in [0.29, 0.717) is 29.8 Å². The number of nitrogens with one attached hydrogen (secondary N) is 2. The molecule has 1 aliphatic rings. The summed E-state index contributed by atoms with van der Waals surface area (Å²) in [5, 5.41) is 6.33. The number of pyridine rings is 1. The van der Waals surface area contributed by atoms with Gasteiger partial charge in [-0.3, -0.25) is 4.79 Å². The second kappa shape index (κ2) is 7.81. The van der Waals surface area contributed by atoms with Gasteiger partial charge in [-0.05, 0) is 44.0 Å². The zero-order chi connectivity index (χ0) is 16.8. The summed E-state index contributed by atoms with van der Waals surface area (Å²) in [6.07, 6.45) is 6.70. The van der Waals surface area contributed by atoms with Crippen molar-refractivity contribution in [3.05, 3.63) is 48.3 Å². The summed E-state index contributed by atoms with van der Waals surface area (Å²) < 4.78 is 5.52. The van der Waals surface area contributed by atoms with Crippen LogP contribution in [0.1, 0.15) is 43.1 Å². The number of rotatable bonds is 6. The quantitative estimate of drug-likeness (QED) is 0.840. The Kier molecular flexibility index (Phi) is 5.31. The standard InChI is InChI=1S/C19H23N3O2/c1-2-24-18-10-6-5-9-16(18)22-19(23)17-12-11-15(13-20-17)21-14-7-3-4-8-14/h5-6,9-14,21H,2-4,7-8H2,1H3,(H,22,23). The fourth-order valence-electron chi connectivity index (χ4n) is 2.96. The number of amides is 1. The van der Waals surface area contributed by atoms with Crippen molar-refractivity contribution in [3.63, 3.8) is 0 Å². The number of carbonyl (C=O) groups is 1. The highest BCUT2D eigenvalue weighted by Gasteiger charge is 2.15. The van der Waals surface area contributed by atoms with Crippen LogP contribution in [0.3, 0.4) is 0 Å². The van der Waals surface area contributed by atoms with E-state index in [1.807, 2.05) is 37.3 Å². The Balaban J connectivity index is 1.64. The number of para-hydroxylation sites is 2. The molecule has 0 unspecified atom stereocenters. The second-order valence-electron chi connectivity index (χ2n) is 5.94. The first-order chi connectivity index (χ1) is 11.8. The van der Waals surface area contributed by atoms with E-state index in [0.717, 1.165) is 5.69 Å². The average Bonchev–Trinajstić information content (AvgIpc) is 3.10. The highest BCUT2D eigenvalue weighted by atomic mass is 16.5. The predicted octanol–water partition coefficient (Wildman–Crippen LogP) is 4.09. The molecule has 24 heavy (non-hydrogen) atoms. The molecule has 0 radical (unpaired) electrons. The molecule has 1 aromatic heterocycles. The van der Waals surface area contributed by atoms with Crippen LogP contribution in [0.25, 0.3) is 0 Å². The van der Waals surface area contributed by atoms with Crippen molar-refractivity contribution in [2.24, 2.45) is 0 Å². The fraction of sp³-hybridized carbons (Fsp3) is 0.368. The van der Waals surface area contributed by atoms with Crippen molar-refractivity contribution < 1.29 is 9.53 Å². The van der Waals surface area contributed by atoms with E-state index in [9.17, 15) is 4.79 Å². The smallest absolute Gasteiger partial charge is 0.274 e.